The Morgan fingerprint density at radius 1 is 1.13 bits per heavy atom. The Labute approximate surface area is 176 Å². The molecule has 30 heavy (non-hydrogen) atoms. The van der Waals surface area contributed by atoms with Crippen molar-refractivity contribution in [3.8, 4) is 0 Å². The quantitative estimate of drug-likeness (QED) is 0.808. The molecule has 2 aliphatic rings. The standard InChI is InChI=1S/C23H29N3O4/c1-14-17(6-4-7-18(14)24-22(28)21-8-5-9-30-21)23(29)26-12-15-10-19(25(2)3)20(27)11-16(15)13-26/h4-9,15-16,19-20,27H,10-13H2,1-3H3,(H,24,28)/t15-,16+,19-,20-/m1/s1. The predicted molar refractivity (Wildman–Crippen MR) is 113 cm³/mol. The number of rotatable bonds is 4. The van der Waals surface area contributed by atoms with E-state index >= 15 is 0 Å². The molecule has 7 nitrogen and oxygen atoms in total. The molecule has 0 unspecified atom stereocenters. The van der Waals surface area contributed by atoms with Crippen molar-refractivity contribution in [3.05, 3.63) is 53.5 Å². The zero-order valence-corrected chi connectivity index (χ0v) is 17.7. The maximum Gasteiger partial charge on any atom is 0.291 e. The molecule has 1 aliphatic carbocycles. The molecule has 1 aromatic heterocycles. The number of hydrogen-bond acceptors (Lipinski definition) is 5. The van der Waals surface area contributed by atoms with E-state index in [0.29, 0.717) is 36.2 Å². The number of carbonyl (C=O) groups excluding carboxylic acids is 2. The molecule has 0 spiro atoms. The van der Waals surface area contributed by atoms with Crippen molar-refractivity contribution in [2.24, 2.45) is 11.8 Å². The van der Waals surface area contributed by atoms with E-state index in [-0.39, 0.29) is 29.7 Å². The van der Waals surface area contributed by atoms with Gasteiger partial charge in [-0.15, -0.1) is 0 Å². The van der Waals surface area contributed by atoms with Gasteiger partial charge in [-0.3, -0.25) is 9.59 Å². The van der Waals surface area contributed by atoms with Gasteiger partial charge in [0, 0.05) is 30.4 Å². The molecule has 160 valence electrons. The molecule has 2 heterocycles. The minimum atomic E-state index is -0.349. The van der Waals surface area contributed by atoms with Crippen LogP contribution in [0.4, 0.5) is 5.69 Å². The third-order valence-corrected chi connectivity index (χ3v) is 6.62. The van der Waals surface area contributed by atoms with Crippen LogP contribution in [0.5, 0.6) is 0 Å². The zero-order valence-electron chi connectivity index (χ0n) is 17.7. The van der Waals surface area contributed by atoms with Crippen molar-refractivity contribution in [2.45, 2.75) is 31.9 Å². The summed E-state index contributed by atoms with van der Waals surface area (Å²) in [5.41, 5.74) is 1.93. The summed E-state index contributed by atoms with van der Waals surface area (Å²) in [7, 11) is 4.00. The van der Waals surface area contributed by atoms with Crippen molar-refractivity contribution in [2.75, 3.05) is 32.5 Å². The number of anilines is 1. The number of furan rings is 1. The van der Waals surface area contributed by atoms with Crippen LogP contribution in [0, 0.1) is 18.8 Å². The Kier molecular flexibility index (Phi) is 5.66. The Morgan fingerprint density at radius 2 is 1.87 bits per heavy atom. The summed E-state index contributed by atoms with van der Waals surface area (Å²) in [4.78, 5) is 29.6. The number of fused-ring (bicyclic) bond motifs is 1. The van der Waals surface area contributed by atoms with Gasteiger partial charge in [0.1, 0.15) is 0 Å². The van der Waals surface area contributed by atoms with E-state index in [9.17, 15) is 14.7 Å². The molecule has 1 aliphatic heterocycles. The Morgan fingerprint density at radius 3 is 2.53 bits per heavy atom. The lowest BCUT2D eigenvalue weighted by Gasteiger charge is -2.38. The fraction of sp³-hybridized carbons (Fsp3) is 0.478. The summed E-state index contributed by atoms with van der Waals surface area (Å²) >= 11 is 0. The summed E-state index contributed by atoms with van der Waals surface area (Å²) in [6.45, 7) is 3.23. The van der Waals surface area contributed by atoms with E-state index in [1.54, 1.807) is 30.3 Å². The third-order valence-electron chi connectivity index (χ3n) is 6.62. The van der Waals surface area contributed by atoms with Gasteiger partial charge in [-0.2, -0.15) is 0 Å². The number of nitrogens with zero attached hydrogens (tertiary/aromatic N) is 2. The maximum absolute atomic E-state index is 13.3. The first kappa shape index (κ1) is 20.6. The van der Waals surface area contributed by atoms with E-state index in [1.165, 1.54) is 6.26 Å². The molecule has 2 fully saturated rings. The number of likely N-dealkylation sites (N-methyl/N-ethyl adjacent to an activating group) is 1. The number of aliphatic hydroxyl groups is 1. The van der Waals surface area contributed by atoms with Crippen LogP contribution in [-0.2, 0) is 0 Å². The van der Waals surface area contributed by atoms with Crippen molar-refractivity contribution < 1.29 is 19.1 Å². The number of nitrogens with one attached hydrogen (secondary N) is 1. The van der Waals surface area contributed by atoms with E-state index in [4.69, 9.17) is 4.42 Å². The molecule has 4 atom stereocenters. The summed E-state index contributed by atoms with van der Waals surface area (Å²) in [5, 5.41) is 13.3. The highest BCUT2D eigenvalue weighted by atomic mass is 16.3. The molecule has 1 aromatic carbocycles. The van der Waals surface area contributed by atoms with Gasteiger partial charge in [0.05, 0.1) is 12.4 Å². The zero-order chi connectivity index (χ0) is 21.4. The van der Waals surface area contributed by atoms with Gasteiger partial charge in [0.2, 0.25) is 0 Å². The average Bonchev–Trinajstić information content (AvgIpc) is 3.37. The first-order chi connectivity index (χ1) is 14.3. The fourth-order valence-corrected chi connectivity index (χ4v) is 4.89. The van der Waals surface area contributed by atoms with Gasteiger partial charge < -0.3 is 24.6 Å². The predicted octanol–water partition coefficient (Wildman–Crippen LogP) is 2.61. The monoisotopic (exact) mass is 411 g/mol. The second-order valence-corrected chi connectivity index (χ2v) is 8.71. The Hall–Kier alpha value is -2.64. The first-order valence-electron chi connectivity index (χ1n) is 10.4. The van der Waals surface area contributed by atoms with E-state index < -0.39 is 0 Å². The molecule has 2 N–H and O–H groups in total. The van der Waals surface area contributed by atoms with Crippen molar-refractivity contribution in [1.82, 2.24) is 9.80 Å². The molecule has 0 radical (unpaired) electrons. The summed E-state index contributed by atoms with van der Waals surface area (Å²) in [6, 6.07) is 8.78. The lowest BCUT2D eigenvalue weighted by molar-refractivity contribution is 0.00940. The molecule has 0 bridgehead atoms. The highest BCUT2D eigenvalue weighted by Crippen LogP contribution is 2.38. The second-order valence-electron chi connectivity index (χ2n) is 8.71. The van der Waals surface area contributed by atoms with Crippen LogP contribution in [0.25, 0.3) is 0 Å². The summed E-state index contributed by atoms with van der Waals surface area (Å²) in [5.74, 6) is 0.605. The van der Waals surface area contributed by atoms with Crippen molar-refractivity contribution in [1.29, 1.82) is 0 Å². The maximum atomic E-state index is 13.3. The number of hydrogen-bond donors (Lipinski definition) is 2. The largest absolute Gasteiger partial charge is 0.459 e. The molecule has 2 aromatic rings. The molecule has 7 heteroatoms. The number of likely N-dealkylation sites (tertiary alicyclic amines) is 1. The van der Waals surface area contributed by atoms with E-state index in [1.807, 2.05) is 25.9 Å². The van der Waals surface area contributed by atoms with Gasteiger partial charge in [0.25, 0.3) is 11.8 Å². The molecule has 2 amide bonds. The highest BCUT2D eigenvalue weighted by molar-refractivity contribution is 6.04. The molecule has 1 saturated carbocycles. The molecular weight excluding hydrogens is 382 g/mol. The van der Waals surface area contributed by atoms with Crippen LogP contribution < -0.4 is 5.32 Å². The number of aliphatic hydroxyl groups excluding tert-OH is 1. The minimum absolute atomic E-state index is 0.0214. The van der Waals surface area contributed by atoms with Gasteiger partial charge in [-0.1, -0.05) is 6.07 Å². The lowest BCUT2D eigenvalue weighted by Crippen LogP contribution is -2.46. The van der Waals surface area contributed by atoms with Gasteiger partial charge in [-0.25, -0.2) is 0 Å². The van der Waals surface area contributed by atoms with Crippen LogP contribution in [0.2, 0.25) is 0 Å². The first-order valence-corrected chi connectivity index (χ1v) is 10.4. The average molecular weight is 412 g/mol. The SMILES string of the molecule is Cc1c(NC(=O)c2ccco2)cccc1C(=O)N1C[C@H]2C[C@@H](N(C)C)[C@H](O)C[C@H]2C1. The lowest BCUT2D eigenvalue weighted by atomic mass is 9.77. The molecule has 4 rings (SSSR count). The van der Waals surface area contributed by atoms with Crippen LogP contribution in [-0.4, -0.2) is 66.1 Å². The van der Waals surface area contributed by atoms with E-state index in [2.05, 4.69) is 10.2 Å². The second kappa shape index (κ2) is 8.24. The van der Waals surface area contributed by atoms with Gasteiger partial charge in [0.15, 0.2) is 5.76 Å². The summed E-state index contributed by atoms with van der Waals surface area (Å²) < 4.78 is 5.14. The van der Waals surface area contributed by atoms with Crippen molar-refractivity contribution >= 4 is 17.5 Å². The minimum Gasteiger partial charge on any atom is -0.459 e. The van der Waals surface area contributed by atoms with E-state index in [0.717, 1.165) is 18.4 Å². The van der Waals surface area contributed by atoms with Crippen molar-refractivity contribution in [3.63, 3.8) is 0 Å². The number of benzene rings is 1. The topological polar surface area (TPSA) is 86.0 Å². The highest BCUT2D eigenvalue weighted by Gasteiger charge is 2.43. The Bertz CT molecular complexity index is 925. The molecule has 1 saturated heterocycles. The van der Waals surface area contributed by atoms with Gasteiger partial charge in [-0.05, 0) is 75.5 Å². The molecular formula is C23H29N3O4. The summed E-state index contributed by atoms with van der Waals surface area (Å²) in [6.07, 6.45) is 2.74. The Balaban J connectivity index is 1.48. The fourth-order valence-electron chi connectivity index (χ4n) is 4.89. The third kappa shape index (κ3) is 3.87. The van der Waals surface area contributed by atoms with Gasteiger partial charge >= 0.3 is 0 Å². The van der Waals surface area contributed by atoms with Crippen LogP contribution in [0.3, 0.4) is 0 Å². The smallest absolute Gasteiger partial charge is 0.291 e. The number of carbonyl (C=O) groups is 2. The van der Waals surface area contributed by atoms with Crippen LogP contribution >= 0.6 is 0 Å². The van der Waals surface area contributed by atoms with Crippen LogP contribution in [0.15, 0.2) is 41.0 Å². The van der Waals surface area contributed by atoms with Crippen LogP contribution in [0.1, 0.15) is 39.3 Å². The number of amides is 2. The normalized spacial score (nSPS) is 26.0.